The van der Waals surface area contributed by atoms with Gasteiger partial charge in [-0.25, -0.2) is 4.98 Å². The highest BCUT2D eigenvalue weighted by Crippen LogP contribution is 2.29. The Morgan fingerprint density at radius 1 is 1.03 bits per heavy atom. The Balaban J connectivity index is 1.46. The van der Waals surface area contributed by atoms with E-state index in [1.165, 1.54) is 0 Å². The number of hydrogen-bond acceptors (Lipinski definition) is 4. The lowest BCUT2D eigenvalue weighted by molar-refractivity contribution is 0.102. The molecule has 0 radical (unpaired) electrons. The normalized spacial score (nSPS) is 11.2. The summed E-state index contributed by atoms with van der Waals surface area (Å²) in [6, 6.07) is 18.9. The average Bonchev–Trinajstić information content (AvgIpc) is 3.36. The van der Waals surface area contributed by atoms with Crippen molar-refractivity contribution in [2.75, 3.05) is 5.32 Å². The first-order valence-electron chi connectivity index (χ1n) is 10.9. The van der Waals surface area contributed by atoms with Crippen LogP contribution in [0.3, 0.4) is 0 Å². The van der Waals surface area contributed by atoms with E-state index >= 15 is 0 Å². The summed E-state index contributed by atoms with van der Waals surface area (Å²) < 4.78 is 3.60. The van der Waals surface area contributed by atoms with E-state index in [1.54, 1.807) is 10.7 Å². The van der Waals surface area contributed by atoms with Crippen LogP contribution in [0.25, 0.3) is 22.2 Å². The predicted molar refractivity (Wildman–Crippen MR) is 134 cm³/mol. The zero-order chi connectivity index (χ0) is 23.8. The zero-order valence-corrected chi connectivity index (χ0v) is 19.8. The van der Waals surface area contributed by atoms with E-state index in [2.05, 4.69) is 15.5 Å². The van der Waals surface area contributed by atoms with Gasteiger partial charge in [0.25, 0.3) is 5.91 Å². The van der Waals surface area contributed by atoms with Gasteiger partial charge in [0.15, 0.2) is 5.82 Å². The van der Waals surface area contributed by atoms with Crippen LogP contribution in [-0.2, 0) is 13.6 Å². The van der Waals surface area contributed by atoms with Crippen LogP contribution in [0, 0.1) is 13.8 Å². The molecule has 34 heavy (non-hydrogen) atoms. The summed E-state index contributed by atoms with van der Waals surface area (Å²) in [4.78, 5) is 18.2. The van der Waals surface area contributed by atoms with Crippen LogP contribution in [0.1, 0.15) is 27.3 Å². The monoisotopic (exact) mass is 470 g/mol. The number of fused-ring (bicyclic) bond motifs is 1. The van der Waals surface area contributed by atoms with E-state index < -0.39 is 0 Å². The van der Waals surface area contributed by atoms with Gasteiger partial charge < -0.3 is 5.32 Å². The number of pyridine rings is 1. The Morgan fingerprint density at radius 2 is 1.79 bits per heavy atom. The second kappa shape index (κ2) is 8.76. The minimum Gasteiger partial charge on any atom is -0.305 e. The summed E-state index contributed by atoms with van der Waals surface area (Å²) >= 11 is 5.97. The number of halogens is 1. The number of amides is 1. The lowest BCUT2D eigenvalue weighted by atomic mass is 10.0. The topological polar surface area (TPSA) is 77.6 Å². The van der Waals surface area contributed by atoms with Crippen molar-refractivity contribution in [1.82, 2.24) is 24.5 Å². The summed E-state index contributed by atoms with van der Waals surface area (Å²) in [5, 5.41) is 13.4. The molecule has 0 aliphatic heterocycles. The fourth-order valence-corrected chi connectivity index (χ4v) is 4.24. The Kier molecular flexibility index (Phi) is 5.63. The third-order valence-electron chi connectivity index (χ3n) is 5.87. The smallest absolute Gasteiger partial charge is 0.257 e. The van der Waals surface area contributed by atoms with Crippen LogP contribution < -0.4 is 5.32 Å². The fraction of sp³-hybridized carbons (Fsp3) is 0.154. The summed E-state index contributed by atoms with van der Waals surface area (Å²) in [5.41, 5.74) is 5.88. The molecule has 2 aromatic carbocycles. The second-order valence-corrected chi connectivity index (χ2v) is 8.66. The van der Waals surface area contributed by atoms with Crippen molar-refractivity contribution in [2.24, 2.45) is 7.05 Å². The molecule has 170 valence electrons. The highest BCUT2D eigenvalue weighted by Gasteiger charge is 2.19. The minimum atomic E-state index is -0.240. The molecule has 0 spiro atoms. The van der Waals surface area contributed by atoms with Gasteiger partial charge in [-0.05, 0) is 43.7 Å². The molecule has 1 amide bonds. The molecule has 0 saturated carbocycles. The summed E-state index contributed by atoms with van der Waals surface area (Å²) in [7, 11) is 1.90. The van der Waals surface area contributed by atoms with Gasteiger partial charge in [0.2, 0.25) is 0 Å². The molecule has 0 fully saturated rings. The molecule has 8 heteroatoms. The number of anilines is 1. The van der Waals surface area contributed by atoms with Crippen molar-refractivity contribution in [1.29, 1.82) is 0 Å². The van der Waals surface area contributed by atoms with Crippen LogP contribution in [0.5, 0.6) is 0 Å². The summed E-state index contributed by atoms with van der Waals surface area (Å²) in [5.74, 6) is 0.242. The van der Waals surface area contributed by atoms with Crippen LogP contribution in [0.2, 0.25) is 5.02 Å². The molecule has 0 bridgehead atoms. The summed E-state index contributed by atoms with van der Waals surface area (Å²) in [6.45, 7) is 4.53. The number of rotatable bonds is 5. The van der Waals surface area contributed by atoms with Gasteiger partial charge in [0, 0.05) is 41.0 Å². The Labute approximate surface area is 202 Å². The number of para-hydroxylation sites is 1. The second-order valence-electron chi connectivity index (χ2n) is 8.22. The lowest BCUT2D eigenvalue weighted by Gasteiger charge is -2.10. The van der Waals surface area contributed by atoms with E-state index in [4.69, 9.17) is 16.6 Å². The number of aryl methyl sites for hydroxylation is 2. The van der Waals surface area contributed by atoms with E-state index in [-0.39, 0.29) is 5.91 Å². The van der Waals surface area contributed by atoms with E-state index in [1.807, 2.05) is 86.4 Å². The highest BCUT2D eigenvalue weighted by molar-refractivity contribution is 6.30. The minimum absolute atomic E-state index is 0.240. The maximum Gasteiger partial charge on any atom is 0.257 e. The van der Waals surface area contributed by atoms with Gasteiger partial charge in [0.1, 0.15) is 0 Å². The molecule has 0 aliphatic rings. The lowest BCUT2D eigenvalue weighted by Crippen LogP contribution is -2.14. The Morgan fingerprint density at radius 3 is 2.53 bits per heavy atom. The molecule has 5 rings (SSSR count). The van der Waals surface area contributed by atoms with Crippen molar-refractivity contribution in [3.05, 3.63) is 94.4 Å². The number of nitrogens with one attached hydrogen (secondary N) is 1. The molecule has 1 N–H and O–H groups in total. The van der Waals surface area contributed by atoms with E-state index in [0.29, 0.717) is 22.9 Å². The average molecular weight is 471 g/mol. The van der Waals surface area contributed by atoms with Crippen molar-refractivity contribution in [2.45, 2.75) is 20.4 Å². The maximum atomic E-state index is 13.4. The van der Waals surface area contributed by atoms with Gasteiger partial charge in [-0.15, -0.1) is 0 Å². The van der Waals surface area contributed by atoms with Crippen molar-refractivity contribution < 1.29 is 4.79 Å². The van der Waals surface area contributed by atoms with Crippen molar-refractivity contribution >= 4 is 34.2 Å². The largest absolute Gasteiger partial charge is 0.305 e. The number of nitrogens with zero attached hydrogens (tertiary/aromatic N) is 5. The molecule has 0 aliphatic carbocycles. The Hall–Kier alpha value is -3.97. The molecule has 7 nitrogen and oxygen atoms in total. The standard InChI is InChI=1S/C26H23ClN6O/c1-16-25(17(2)32(3)30-16)23-14-21(20-6-4-5-7-22(20)28-23)26(34)29-24-12-13-33(31-24)15-18-8-10-19(27)11-9-18/h4-14H,15H2,1-3H3,(H,29,31,34). The number of carbonyl (C=O) groups excluding carboxylic acids is 1. The van der Waals surface area contributed by atoms with Crippen LogP contribution >= 0.6 is 11.6 Å². The summed E-state index contributed by atoms with van der Waals surface area (Å²) in [6.07, 6.45) is 1.84. The molecule has 3 aromatic heterocycles. The quantitative estimate of drug-likeness (QED) is 0.373. The van der Waals surface area contributed by atoms with E-state index in [0.717, 1.165) is 39.1 Å². The molecular weight excluding hydrogens is 448 g/mol. The molecule has 0 atom stereocenters. The van der Waals surface area contributed by atoms with Gasteiger partial charge in [0.05, 0.1) is 29.0 Å². The SMILES string of the molecule is Cc1nn(C)c(C)c1-c1cc(C(=O)Nc2ccn(Cc3ccc(Cl)cc3)n2)c2ccccc2n1. The molecular formula is C26H23ClN6O. The van der Waals surface area contributed by atoms with Crippen LogP contribution in [0.15, 0.2) is 66.9 Å². The van der Waals surface area contributed by atoms with Crippen molar-refractivity contribution in [3.8, 4) is 11.3 Å². The number of aromatic nitrogens is 5. The molecule has 3 heterocycles. The van der Waals surface area contributed by atoms with Gasteiger partial charge in [-0.1, -0.05) is 41.9 Å². The third kappa shape index (κ3) is 4.18. The molecule has 0 unspecified atom stereocenters. The van der Waals surface area contributed by atoms with E-state index in [9.17, 15) is 4.79 Å². The number of hydrogen-bond donors (Lipinski definition) is 1. The first-order valence-corrected chi connectivity index (χ1v) is 11.3. The fourth-order valence-electron chi connectivity index (χ4n) is 4.11. The highest BCUT2D eigenvalue weighted by atomic mass is 35.5. The predicted octanol–water partition coefficient (Wildman–Crippen LogP) is 5.40. The van der Waals surface area contributed by atoms with Gasteiger partial charge in [-0.3, -0.25) is 14.2 Å². The first-order chi connectivity index (χ1) is 16.4. The number of benzene rings is 2. The molecule has 5 aromatic rings. The first kappa shape index (κ1) is 21.9. The van der Waals surface area contributed by atoms with Gasteiger partial charge in [-0.2, -0.15) is 10.2 Å². The maximum absolute atomic E-state index is 13.4. The third-order valence-corrected chi connectivity index (χ3v) is 6.12. The number of carbonyl (C=O) groups is 1. The molecule has 0 saturated heterocycles. The van der Waals surface area contributed by atoms with Crippen molar-refractivity contribution in [3.63, 3.8) is 0 Å². The van der Waals surface area contributed by atoms with Crippen LogP contribution in [-0.4, -0.2) is 30.5 Å². The van der Waals surface area contributed by atoms with Gasteiger partial charge >= 0.3 is 0 Å². The Bertz CT molecular complexity index is 1520. The van der Waals surface area contributed by atoms with Crippen LogP contribution in [0.4, 0.5) is 5.82 Å². The zero-order valence-electron chi connectivity index (χ0n) is 19.1.